The minimum atomic E-state index is -0.374. The Labute approximate surface area is 206 Å². The average molecular weight is 480 g/mol. The van der Waals surface area contributed by atoms with Crippen molar-refractivity contribution in [1.29, 1.82) is 0 Å². The Morgan fingerprint density at radius 1 is 0.943 bits per heavy atom. The van der Waals surface area contributed by atoms with Crippen molar-refractivity contribution in [2.45, 2.75) is 19.9 Å². The monoisotopic (exact) mass is 479 g/mol. The van der Waals surface area contributed by atoms with Gasteiger partial charge in [0.15, 0.2) is 0 Å². The minimum absolute atomic E-state index is 0.0816. The number of hydrogen-bond donors (Lipinski definition) is 1. The van der Waals surface area contributed by atoms with Gasteiger partial charge in [0, 0.05) is 25.9 Å². The molecular weight excluding hydrogens is 446 g/mol. The summed E-state index contributed by atoms with van der Waals surface area (Å²) in [7, 11) is 1.56. The second kappa shape index (κ2) is 13.8. The van der Waals surface area contributed by atoms with Crippen LogP contribution in [0, 0.1) is 0 Å². The molecule has 0 spiro atoms. The molecule has 35 heavy (non-hydrogen) atoms. The first kappa shape index (κ1) is 25.8. The fourth-order valence-corrected chi connectivity index (χ4v) is 3.51. The summed E-state index contributed by atoms with van der Waals surface area (Å²) in [5.41, 5.74) is 1.75. The molecule has 0 atom stereocenters. The van der Waals surface area contributed by atoms with E-state index in [1.807, 2.05) is 43.3 Å². The molecule has 1 heterocycles. The molecule has 3 aromatic rings. The molecular formula is C27H33N3O5. The molecule has 186 valence electrons. The molecule has 0 aliphatic heterocycles. The summed E-state index contributed by atoms with van der Waals surface area (Å²) in [5, 5.41) is 2.85. The number of urea groups is 1. The number of furan rings is 1. The van der Waals surface area contributed by atoms with Crippen molar-refractivity contribution < 1.29 is 23.5 Å². The number of hydrogen-bond acceptors (Lipinski definition) is 5. The van der Waals surface area contributed by atoms with E-state index >= 15 is 0 Å². The van der Waals surface area contributed by atoms with Crippen LogP contribution in [-0.4, -0.2) is 61.7 Å². The van der Waals surface area contributed by atoms with E-state index in [1.54, 1.807) is 48.6 Å². The fourth-order valence-electron chi connectivity index (χ4n) is 3.51. The number of rotatable bonds is 13. The molecule has 1 N–H and O–H groups in total. The van der Waals surface area contributed by atoms with Gasteiger partial charge in [0.1, 0.15) is 18.1 Å². The molecule has 0 unspecified atom stereocenters. The van der Waals surface area contributed by atoms with E-state index < -0.39 is 0 Å². The summed E-state index contributed by atoms with van der Waals surface area (Å²) in [6, 6.07) is 20.4. The molecule has 0 saturated carbocycles. The van der Waals surface area contributed by atoms with Crippen molar-refractivity contribution in [2.24, 2.45) is 0 Å². The van der Waals surface area contributed by atoms with Gasteiger partial charge in [-0.05, 0) is 55.3 Å². The minimum Gasteiger partial charge on any atom is -0.494 e. The first-order chi connectivity index (χ1) is 17.1. The molecule has 0 bridgehead atoms. The number of amides is 3. The number of anilines is 1. The Balaban J connectivity index is 1.67. The second-order valence-corrected chi connectivity index (χ2v) is 7.93. The topological polar surface area (TPSA) is 84.2 Å². The molecule has 1 aromatic heterocycles. The number of benzene rings is 2. The fraction of sp³-hybridized carbons (Fsp3) is 0.333. The van der Waals surface area contributed by atoms with Gasteiger partial charge in [-0.1, -0.05) is 30.3 Å². The van der Waals surface area contributed by atoms with Gasteiger partial charge >= 0.3 is 6.03 Å². The molecule has 8 heteroatoms. The molecule has 0 aliphatic rings. The van der Waals surface area contributed by atoms with Crippen LogP contribution in [0.1, 0.15) is 18.2 Å². The lowest BCUT2D eigenvalue weighted by molar-refractivity contribution is -0.132. The van der Waals surface area contributed by atoms with Crippen LogP contribution in [0.4, 0.5) is 10.5 Å². The highest BCUT2D eigenvalue weighted by atomic mass is 16.5. The normalized spacial score (nSPS) is 10.6. The van der Waals surface area contributed by atoms with E-state index in [-0.39, 0.29) is 25.0 Å². The van der Waals surface area contributed by atoms with Gasteiger partial charge in [0.25, 0.3) is 0 Å². The number of methoxy groups -OCH3 is 1. The van der Waals surface area contributed by atoms with Crippen molar-refractivity contribution in [2.75, 3.05) is 45.3 Å². The van der Waals surface area contributed by atoms with Crippen LogP contribution in [0.3, 0.4) is 0 Å². The van der Waals surface area contributed by atoms with Gasteiger partial charge < -0.3 is 29.0 Å². The van der Waals surface area contributed by atoms with Gasteiger partial charge in [-0.25, -0.2) is 4.79 Å². The summed E-state index contributed by atoms with van der Waals surface area (Å²) < 4.78 is 16.1. The molecule has 3 amide bonds. The predicted molar refractivity (Wildman–Crippen MR) is 134 cm³/mol. The SMILES string of the molecule is CCOc1ccc(NC(=O)N(CCOC)CC(=O)N(CCc2ccccc2)Cc2ccco2)cc1. The predicted octanol–water partition coefficient (Wildman–Crippen LogP) is 4.43. The highest BCUT2D eigenvalue weighted by Crippen LogP contribution is 2.16. The first-order valence-electron chi connectivity index (χ1n) is 11.7. The highest BCUT2D eigenvalue weighted by molar-refractivity contribution is 5.92. The first-order valence-corrected chi connectivity index (χ1v) is 11.7. The van der Waals surface area contributed by atoms with E-state index in [4.69, 9.17) is 13.9 Å². The van der Waals surface area contributed by atoms with Gasteiger partial charge in [-0.15, -0.1) is 0 Å². The molecule has 0 aliphatic carbocycles. The standard InChI is InChI=1S/C27H33N3O5/c1-3-34-24-13-11-23(12-14-24)28-27(32)30(17-19-33-2)21-26(31)29(20-25-10-7-18-35-25)16-15-22-8-5-4-6-9-22/h4-14,18H,3,15-17,19-21H2,1-2H3,(H,28,32). The summed E-state index contributed by atoms with van der Waals surface area (Å²) in [6.45, 7) is 3.82. The Bertz CT molecular complexity index is 1020. The zero-order chi connectivity index (χ0) is 24.9. The van der Waals surface area contributed by atoms with Gasteiger partial charge in [-0.2, -0.15) is 0 Å². The van der Waals surface area contributed by atoms with Crippen LogP contribution >= 0.6 is 0 Å². The summed E-state index contributed by atoms with van der Waals surface area (Å²) in [6.07, 6.45) is 2.29. The van der Waals surface area contributed by atoms with Crippen molar-refractivity contribution in [1.82, 2.24) is 9.80 Å². The van der Waals surface area contributed by atoms with Gasteiger partial charge in [-0.3, -0.25) is 4.79 Å². The van der Waals surface area contributed by atoms with Gasteiger partial charge in [0.05, 0.1) is 26.0 Å². The van der Waals surface area contributed by atoms with Crippen LogP contribution in [0.2, 0.25) is 0 Å². The van der Waals surface area contributed by atoms with Crippen LogP contribution in [0.5, 0.6) is 5.75 Å². The maximum absolute atomic E-state index is 13.3. The van der Waals surface area contributed by atoms with Crippen LogP contribution in [0.25, 0.3) is 0 Å². The smallest absolute Gasteiger partial charge is 0.322 e. The molecule has 2 aromatic carbocycles. The Morgan fingerprint density at radius 2 is 1.71 bits per heavy atom. The zero-order valence-electron chi connectivity index (χ0n) is 20.3. The highest BCUT2D eigenvalue weighted by Gasteiger charge is 2.22. The van der Waals surface area contributed by atoms with Gasteiger partial charge in [0.2, 0.25) is 5.91 Å². The third kappa shape index (κ3) is 8.50. The summed E-state index contributed by atoms with van der Waals surface area (Å²) in [5.74, 6) is 1.24. The third-order valence-electron chi connectivity index (χ3n) is 5.39. The van der Waals surface area contributed by atoms with E-state index in [0.29, 0.717) is 44.2 Å². The van der Waals surface area contributed by atoms with E-state index in [1.165, 1.54) is 4.90 Å². The number of carbonyl (C=O) groups is 2. The van der Waals surface area contributed by atoms with E-state index in [2.05, 4.69) is 5.32 Å². The maximum atomic E-state index is 13.3. The number of carbonyl (C=O) groups excluding carboxylic acids is 2. The van der Waals surface area contributed by atoms with Crippen molar-refractivity contribution in [3.63, 3.8) is 0 Å². The van der Waals surface area contributed by atoms with Crippen molar-refractivity contribution in [3.8, 4) is 5.75 Å². The van der Waals surface area contributed by atoms with Crippen LogP contribution < -0.4 is 10.1 Å². The van der Waals surface area contributed by atoms with Crippen LogP contribution in [0.15, 0.2) is 77.4 Å². The lowest BCUT2D eigenvalue weighted by Crippen LogP contribution is -2.46. The lowest BCUT2D eigenvalue weighted by Gasteiger charge is -2.27. The Morgan fingerprint density at radius 3 is 2.37 bits per heavy atom. The number of nitrogens with zero attached hydrogens (tertiary/aromatic N) is 2. The number of ether oxygens (including phenoxy) is 2. The average Bonchev–Trinajstić information content (AvgIpc) is 3.39. The third-order valence-corrected chi connectivity index (χ3v) is 5.39. The molecule has 0 fully saturated rings. The van der Waals surface area contributed by atoms with Crippen molar-refractivity contribution >= 4 is 17.6 Å². The largest absolute Gasteiger partial charge is 0.494 e. The van der Waals surface area contributed by atoms with Crippen molar-refractivity contribution in [3.05, 3.63) is 84.3 Å². The van der Waals surface area contributed by atoms with Crippen LogP contribution in [-0.2, 0) is 22.5 Å². The molecule has 0 saturated heterocycles. The summed E-state index contributed by atoms with van der Waals surface area (Å²) in [4.78, 5) is 29.5. The number of nitrogens with one attached hydrogen (secondary N) is 1. The lowest BCUT2D eigenvalue weighted by atomic mass is 10.1. The quantitative estimate of drug-likeness (QED) is 0.392. The molecule has 8 nitrogen and oxygen atoms in total. The Kier molecular flexibility index (Phi) is 10.2. The van der Waals surface area contributed by atoms with E-state index in [9.17, 15) is 9.59 Å². The Hall–Kier alpha value is -3.78. The second-order valence-electron chi connectivity index (χ2n) is 7.93. The zero-order valence-corrected chi connectivity index (χ0v) is 20.3. The van der Waals surface area contributed by atoms with E-state index in [0.717, 1.165) is 11.3 Å². The molecule has 3 rings (SSSR count). The molecule has 0 radical (unpaired) electrons. The summed E-state index contributed by atoms with van der Waals surface area (Å²) >= 11 is 0. The maximum Gasteiger partial charge on any atom is 0.322 e.